The van der Waals surface area contributed by atoms with Crippen LogP contribution in [0.2, 0.25) is 0 Å². The van der Waals surface area contributed by atoms with Crippen molar-refractivity contribution in [3.8, 4) is 11.5 Å². The highest BCUT2D eigenvalue weighted by molar-refractivity contribution is 5.82. The van der Waals surface area contributed by atoms with Crippen LogP contribution in [-0.2, 0) is 13.6 Å². The van der Waals surface area contributed by atoms with Crippen molar-refractivity contribution < 1.29 is 9.52 Å². The minimum Gasteiger partial charge on any atom is -0.454 e. The number of para-hydroxylation sites is 1. The summed E-state index contributed by atoms with van der Waals surface area (Å²) in [6.07, 6.45) is 2.47. The van der Waals surface area contributed by atoms with Gasteiger partial charge in [-0.15, -0.1) is 0 Å². The molecule has 0 spiro atoms. The normalized spacial score (nSPS) is 13.0. The van der Waals surface area contributed by atoms with Gasteiger partial charge in [-0.3, -0.25) is 4.68 Å². The molecule has 1 unspecified atom stereocenters. The highest BCUT2D eigenvalue weighted by atomic mass is 16.3. The molecule has 3 rings (SSSR count). The van der Waals surface area contributed by atoms with Gasteiger partial charge in [-0.05, 0) is 24.5 Å². The van der Waals surface area contributed by atoms with Crippen LogP contribution >= 0.6 is 0 Å². The highest BCUT2D eigenvalue weighted by Gasteiger charge is 2.15. The third-order valence-corrected chi connectivity index (χ3v) is 4.00. The fourth-order valence-corrected chi connectivity index (χ4v) is 2.97. The lowest BCUT2D eigenvalue weighted by molar-refractivity contribution is 0.146. The maximum atomic E-state index is 9.98. The predicted molar refractivity (Wildman–Crippen MR) is 95.6 cm³/mol. The molecule has 0 amide bonds. The number of aliphatic hydroxyl groups excluding tert-OH is 1. The summed E-state index contributed by atoms with van der Waals surface area (Å²) < 4.78 is 7.73. The predicted octanol–water partition coefficient (Wildman–Crippen LogP) is 3.33. The molecule has 3 aromatic rings. The second-order valence-electron chi connectivity index (χ2n) is 6.74. The zero-order valence-corrected chi connectivity index (χ0v) is 14.5. The molecule has 1 atom stereocenters. The molecule has 24 heavy (non-hydrogen) atoms. The van der Waals surface area contributed by atoms with Gasteiger partial charge in [-0.2, -0.15) is 5.10 Å². The van der Waals surface area contributed by atoms with E-state index in [4.69, 9.17) is 4.42 Å². The number of benzene rings is 1. The molecule has 0 aliphatic rings. The van der Waals surface area contributed by atoms with Crippen molar-refractivity contribution in [2.24, 2.45) is 13.0 Å². The summed E-state index contributed by atoms with van der Waals surface area (Å²) in [7, 11) is 1.91. The van der Waals surface area contributed by atoms with Crippen LogP contribution in [0.5, 0.6) is 0 Å². The fourth-order valence-electron chi connectivity index (χ4n) is 2.97. The summed E-state index contributed by atoms with van der Waals surface area (Å²) in [6.45, 7) is 5.45. The van der Waals surface area contributed by atoms with Gasteiger partial charge in [0.25, 0.3) is 0 Å². The standard InChI is InChI=1S/C19H25N3O2/c1-13(2)8-16(23)11-20-10-15-12-22(3)21-19(15)18-9-14-6-4-5-7-17(14)24-18/h4-7,9,12-13,16,20,23H,8,10-11H2,1-3H3. The number of hydrogen-bond acceptors (Lipinski definition) is 4. The van der Waals surface area contributed by atoms with Crippen LogP contribution in [0.1, 0.15) is 25.8 Å². The summed E-state index contributed by atoms with van der Waals surface area (Å²) in [5.74, 6) is 1.27. The Morgan fingerprint density at radius 3 is 2.83 bits per heavy atom. The van der Waals surface area contributed by atoms with Crippen molar-refractivity contribution >= 4 is 11.0 Å². The van der Waals surface area contributed by atoms with E-state index in [1.54, 1.807) is 4.68 Å². The van der Waals surface area contributed by atoms with Crippen molar-refractivity contribution in [2.75, 3.05) is 6.54 Å². The number of fused-ring (bicyclic) bond motifs is 1. The van der Waals surface area contributed by atoms with Crippen molar-refractivity contribution in [3.63, 3.8) is 0 Å². The van der Waals surface area contributed by atoms with Crippen LogP contribution in [-0.4, -0.2) is 27.5 Å². The molecule has 2 N–H and O–H groups in total. The zero-order valence-electron chi connectivity index (χ0n) is 14.5. The smallest absolute Gasteiger partial charge is 0.156 e. The van der Waals surface area contributed by atoms with Gasteiger partial charge < -0.3 is 14.8 Å². The van der Waals surface area contributed by atoms with Crippen molar-refractivity contribution in [2.45, 2.75) is 32.9 Å². The van der Waals surface area contributed by atoms with Crippen LogP contribution in [0.25, 0.3) is 22.4 Å². The van der Waals surface area contributed by atoms with Crippen LogP contribution in [0.3, 0.4) is 0 Å². The van der Waals surface area contributed by atoms with E-state index in [9.17, 15) is 5.11 Å². The third kappa shape index (κ3) is 3.86. The summed E-state index contributed by atoms with van der Waals surface area (Å²) in [5.41, 5.74) is 2.78. The molecular weight excluding hydrogens is 302 g/mol. The lowest BCUT2D eigenvalue weighted by Gasteiger charge is -2.13. The van der Waals surface area contributed by atoms with Crippen molar-refractivity contribution in [1.29, 1.82) is 0 Å². The third-order valence-electron chi connectivity index (χ3n) is 4.00. The Balaban J connectivity index is 1.73. The Bertz CT molecular complexity index is 771. The molecule has 5 nitrogen and oxygen atoms in total. The van der Waals surface area contributed by atoms with Gasteiger partial charge in [0.2, 0.25) is 0 Å². The topological polar surface area (TPSA) is 63.2 Å². The van der Waals surface area contributed by atoms with Gasteiger partial charge in [0.15, 0.2) is 5.76 Å². The number of aliphatic hydroxyl groups is 1. The number of hydrogen-bond donors (Lipinski definition) is 2. The molecule has 0 aliphatic carbocycles. The van der Waals surface area contributed by atoms with E-state index in [1.807, 2.05) is 43.6 Å². The maximum absolute atomic E-state index is 9.98. The number of rotatable bonds is 7. The highest BCUT2D eigenvalue weighted by Crippen LogP contribution is 2.28. The molecule has 0 bridgehead atoms. The molecule has 0 saturated carbocycles. The van der Waals surface area contributed by atoms with E-state index >= 15 is 0 Å². The Hall–Kier alpha value is -2.11. The van der Waals surface area contributed by atoms with Gasteiger partial charge in [0.05, 0.1) is 6.10 Å². The molecule has 5 heteroatoms. The minimum absolute atomic E-state index is 0.323. The number of furan rings is 1. The van der Waals surface area contributed by atoms with Crippen molar-refractivity contribution in [1.82, 2.24) is 15.1 Å². The Morgan fingerprint density at radius 2 is 2.08 bits per heavy atom. The quantitative estimate of drug-likeness (QED) is 0.699. The maximum Gasteiger partial charge on any atom is 0.156 e. The van der Waals surface area contributed by atoms with E-state index in [0.717, 1.165) is 34.4 Å². The fraction of sp³-hybridized carbons (Fsp3) is 0.421. The van der Waals surface area contributed by atoms with E-state index in [0.29, 0.717) is 19.0 Å². The molecule has 2 heterocycles. The average Bonchev–Trinajstić information content (AvgIpc) is 3.09. The molecule has 0 fully saturated rings. The molecule has 1 aromatic carbocycles. The van der Waals surface area contributed by atoms with Gasteiger partial charge in [-0.1, -0.05) is 32.0 Å². The number of nitrogens with one attached hydrogen (secondary N) is 1. The molecule has 0 saturated heterocycles. The molecule has 0 radical (unpaired) electrons. The monoisotopic (exact) mass is 327 g/mol. The molecule has 2 aromatic heterocycles. The van der Waals surface area contributed by atoms with Crippen LogP contribution in [0, 0.1) is 5.92 Å². The lowest BCUT2D eigenvalue weighted by Crippen LogP contribution is -2.27. The molecular formula is C19H25N3O2. The van der Waals surface area contributed by atoms with Crippen molar-refractivity contribution in [3.05, 3.63) is 42.1 Å². The second kappa shape index (κ2) is 7.20. The number of aromatic nitrogens is 2. The second-order valence-corrected chi connectivity index (χ2v) is 6.74. The number of nitrogens with zero attached hydrogens (tertiary/aromatic N) is 2. The number of aryl methyl sites for hydroxylation is 1. The first kappa shape index (κ1) is 16.7. The van der Waals surface area contributed by atoms with E-state index < -0.39 is 0 Å². The van der Waals surface area contributed by atoms with E-state index in [2.05, 4.69) is 24.3 Å². The summed E-state index contributed by atoms with van der Waals surface area (Å²) >= 11 is 0. The molecule has 128 valence electrons. The Morgan fingerprint density at radius 1 is 1.29 bits per heavy atom. The largest absolute Gasteiger partial charge is 0.454 e. The first-order valence-corrected chi connectivity index (χ1v) is 8.43. The van der Waals surface area contributed by atoms with Gasteiger partial charge in [0.1, 0.15) is 11.3 Å². The van der Waals surface area contributed by atoms with Crippen LogP contribution in [0.15, 0.2) is 40.9 Å². The Labute approximate surface area is 142 Å². The first-order valence-electron chi connectivity index (χ1n) is 8.43. The Kier molecular flexibility index (Phi) is 5.02. The van der Waals surface area contributed by atoms with Crippen LogP contribution in [0.4, 0.5) is 0 Å². The summed E-state index contributed by atoms with van der Waals surface area (Å²) in [4.78, 5) is 0. The van der Waals surface area contributed by atoms with Gasteiger partial charge in [-0.25, -0.2) is 0 Å². The molecule has 0 aliphatic heterocycles. The first-order chi connectivity index (χ1) is 11.5. The average molecular weight is 327 g/mol. The van der Waals surface area contributed by atoms with Gasteiger partial charge in [0, 0.05) is 37.3 Å². The minimum atomic E-state index is -0.323. The van der Waals surface area contributed by atoms with Crippen LogP contribution < -0.4 is 5.32 Å². The lowest BCUT2D eigenvalue weighted by atomic mass is 10.1. The zero-order chi connectivity index (χ0) is 17.1. The summed E-state index contributed by atoms with van der Waals surface area (Å²) in [6, 6.07) is 9.98. The van der Waals surface area contributed by atoms with Gasteiger partial charge >= 0.3 is 0 Å². The summed E-state index contributed by atoms with van der Waals surface area (Å²) in [5, 5.41) is 18.9. The van der Waals surface area contributed by atoms with E-state index in [-0.39, 0.29) is 6.10 Å². The SMILES string of the molecule is CC(C)CC(O)CNCc1cn(C)nc1-c1cc2ccccc2o1. The van der Waals surface area contributed by atoms with E-state index in [1.165, 1.54) is 0 Å².